The van der Waals surface area contributed by atoms with Crippen molar-refractivity contribution in [2.24, 2.45) is 11.3 Å². The lowest BCUT2D eigenvalue weighted by Crippen LogP contribution is -2.69. The average molecular weight is 278 g/mol. The number of aryl methyl sites for hydroxylation is 2. The molecule has 1 saturated carbocycles. The predicted molar refractivity (Wildman–Crippen MR) is 77.6 cm³/mol. The van der Waals surface area contributed by atoms with Gasteiger partial charge in [0.2, 0.25) is 0 Å². The van der Waals surface area contributed by atoms with Gasteiger partial charge in [-0.3, -0.25) is 0 Å². The minimum Gasteiger partial charge on any atom is -0.377 e. The van der Waals surface area contributed by atoms with Crippen LogP contribution in [0.2, 0.25) is 0 Å². The third-order valence-corrected chi connectivity index (χ3v) is 5.28. The number of nitrogens with zero attached hydrogens (tertiary/aromatic N) is 1. The second-order valence-electron chi connectivity index (χ2n) is 7.02. The molecule has 2 aliphatic rings. The summed E-state index contributed by atoms with van der Waals surface area (Å²) in [6.45, 7) is 11.8. The molecule has 4 unspecified atom stereocenters. The van der Waals surface area contributed by atoms with Gasteiger partial charge in [0.15, 0.2) is 0 Å². The van der Waals surface area contributed by atoms with Crippen LogP contribution in [0.4, 0.5) is 0 Å². The first-order chi connectivity index (χ1) is 9.43. The number of hydrogen-bond acceptors (Lipinski definition) is 4. The maximum absolute atomic E-state index is 5.97. The summed E-state index contributed by atoms with van der Waals surface area (Å²) in [5.74, 6) is 1.58. The van der Waals surface area contributed by atoms with Crippen LogP contribution in [0, 0.1) is 25.2 Å². The van der Waals surface area contributed by atoms with Gasteiger partial charge >= 0.3 is 0 Å². The molecule has 0 radical (unpaired) electrons. The van der Waals surface area contributed by atoms with E-state index in [0.29, 0.717) is 18.1 Å². The van der Waals surface area contributed by atoms with Crippen molar-refractivity contribution in [3.05, 3.63) is 17.0 Å². The SMILES string of the molecule is Cc1noc(C)c1C(C)NC1C2CCCOC2C1(C)C. The molecule has 1 aliphatic heterocycles. The van der Waals surface area contributed by atoms with Crippen molar-refractivity contribution in [3.63, 3.8) is 0 Å². The first-order valence-electron chi connectivity index (χ1n) is 7.73. The molecule has 1 saturated heterocycles. The fraction of sp³-hybridized carbons (Fsp3) is 0.812. The molecular formula is C16H26N2O2. The van der Waals surface area contributed by atoms with E-state index < -0.39 is 0 Å². The minimum absolute atomic E-state index is 0.207. The summed E-state index contributed by atoms with van der Waals surface area (Å²) in [4.78, 5) is 0. The minimum atomic E-state index is 0.207. The monoisotopic (exact) mass is 278 g/mol. The maximum Gasteiger partial charge on any atom is 0.138 e. The van der Waals surface area contributed by atoms with Crippen LogP contribution in [0.5, 0.6) is 0 Å². The Morgan fingerprint density at radius 1 is 1.35 bits per heavy atom. The molecular weight excluding hydrogens is 252 g/mol. The topological polar surface area (TPSA) is 47.3 Å². The molecule has 1 aromatic rings. The van der Waals surface area contributed by atoms with Crippen molar-refractivity contribution >= 4 is 0 Å². The molecule has 3 rings (SSSR count). The number of rotatable bonds is 3. The van der Waals surface area contributed by atoms with E-state index in [1.54, 1.807) is 0 Å². The van der Waals surface area contributed by atoms with E-state index in [4.69, 9.17) is 9.26 Å². The summed E-state index contributed by atoms with van der Waals surface area (Å²) in [6, 6.07) is 0.782. The molecule has 4 nitrogen and oxygen atoms in total. The molecule has 0 amide bonds. The molecule has 0 bridgehead atoms. The number of ether oxygens (including phenoxy) is 1. The Bertz CT molecular complexity index is 475. The van der Waals surface area contributed by atoms with Crippen LogP contribution in [0.25, 0.3) is 0 Å². The second kappa shape index (κ2) is 4.85. The molecule has 1 aromatic heterocycles. The molecule has 4 heteroatoms. The van der Waals surface area contributed by atoms with Crippen LogP contribution in [0.3, 0.4) is 0 Å². The van der Waals surface area contributed by atoms with Gasteiger partial charge in [-0.15, -0.1) is 0 Å². The van der Waals surface area contributed by atoms with E-state index in [1.165, 1.54) is 18.4 Å². The fourth-order valence-electron chi connectivity index (χ4n) is 4.32. The Balaban J connectivity index is 1.74. The van der Waals surface area contributed by atoms with Gasteiger partial charge in [-0.1, -0.05) is 19.0 Å². The molecule has 0 spiro atoms. The van der Waals surface area contributed by atoms with Crippen molar-refractivity contribution in [2.75, 3.05) is 6.61 Å². The van der Waals surface area contributed by atoms with Gasteiger partial charge in [0, 0.05) is 35.6 Å². The molecule has 1 N–H and O–H groups in total. The zero-order valence-electron chi connectivity index (χ0n) is 13.2. The lowest BCUT2D eigenvalue weighted by atomic mass is 9.55. The summed E-state index contributed by atoms with van der Waals surface area (Å²) in [6.07, 6.45) is 2.89. The Morgan fingerprint density at radius 2 is 2.10 bits per heavy atom. The van der Waals surface area contributed by atoms with E-state index >= 15 is 0 Å². The number of hydrogen-bond donors (Lipinski definition) is 1. The molecule has 2 heterocycles. The number of nitrogens with one attached hydrogen (secondary N) is 1. The fourth-order valence-corrected chi connectivity index (χ4v) is 4.32. The van der Waals surface area contributed by atoms with Gasteiger partial charge in [0.25, 0.3) is 0 Å². The summed E-state index contributed by atoms with van der Waals surface area (Å²) < 4.78 is 11.3. The van der Waals surface area contributed by atoms with E-state index in [9.17, 15) is 0 Å². The average Bonchev–Trinajstić information content (AvgIpc) is 2.75. The lowest BCUT2D eigenvalue weighted by Gasteiger charge is -2.60. The van der Waals surface area contributed by atoms with Crippen LogP contribution < -0.4 is 5.32 Å². The highest BCUT2D eigenvalue weighted by molar-refractivity contribution is 5.25. The third kappa shape index (κ3) is 2.01. The van der Waals surface area contributed by atoms with E-state index in [-0.39, 0.29) is 11.5 Å². The van der Waals surface area contributed by atoms with Crippen molar-refractivity contribution < 1.29 is 9.26 Å². The smallest absolute Gasteiger partial charge is 0.138 e. The Labute approximate surface area is 121 Å². The van der Waals surface area contributed by atoms with E-state index in [1.807, 2.05) is 13.8 Å². The second-order valence-corrected chi connectivity index (χ2v) is 7.02. The van der Waals surface area contributed by atoms with Gasteiger partial charge in [-0.2, -0.15) is 0 Å². The van der Waals surface area contributed by atoms with Crippen molar-refractivity contribution in [1.29, 1.82) is 0 Å². The van der Waals surface area contributed by atoms with Crippen LogP contribution >= 0.6 is 0 Å². The van der Waals surface area contributed by atoms with Crippen molar-refractivity contribution in [1.82, 2.24) is 10.5 Å². The van der Waals surface area contributed by atoms with Gasteiger partial charge in [-0.25, -0.2) is 0 Å². The molecule has 0 aromatic carbocycles. The first kappa shape index (κ1) is 14.1. The maximum atomic E-state index is 5.97. The van der Waals surface area contributed by atoms with Crippen LogP contribution in [-0.2, 0) is 4.74 Å². The quantitative estimate of drug-likeness (QED) is 0.922. The van der Waals surface area contributed by atoms with Crippen LogP contribution in [0.15, 0.2) is 4.52 Å². The highest BCUT2D eigenvalue weighted by Crippen LogP contribution is 2.52. The van der Waals surface area contributed by atoms with Crippen LogP contribution in [-0.4, -0.2) is 23.9 Å². The molecule has 20 heavy (non-hydrogen) atoms. The Morgan fingerprint density at radius 3 is 2.75 bits per heavy atom. The molecule has 112 valence electrons. The summed E-state index contributed by atoms with van der Waals surface area (Å²) in [5, 5.41) is 7.88. The van der Waals surface area contributed by atoms with Gasteiger partial charge in [0.05, 0.1) is 11.8 Å². The van der Waals surface area contributed by atoms with Crippen molar-refractivity contribution in [3.8, 4) is 0 Å². The normalized spacial score (nSPS) is 33.4. The molecule has 4 atom stereocenters. The Kier molecular flexibility index (Phi) is 3.41. The van der Waals surface area contributed by atoms with E-state index in [2.05, 4.69) is 31.2 Å². The Hall–Kier alpha value is -0.870. The van der Waals surface area contributed by atoms with Crippen LogP contribution in [0.1, 0.15) is 56.7 Å². The van der Waals surface area contributed by atoms with Crippen molar-refractivity contribution in [2.45, 2.75) is 65.6 Å². The first-order valence-corrected chi connectivity index (χ1v) is 7.73. The van der Waals surface area contributed by atoms with Gasteiger partial charge < -0.3 is 14.6 Å². The van der Waals surface area contributed by atoms with Gasteiger partial charge in [-0.05, 0) is 33.6 Å². The highest BCUT2D eigenvalue weighted by Gasteiger charge is 2.58. The molecule has 1 aliphatic carbocycles. The number of fused-ring (bicyclic) bond motifs is 1. The van der Waals surface area contributed by atoms with Gasteiger partial charge in [0.1, 0.15) is 5.76 Å². The standard InChI is InChI=1S/C16H26N2O2/c1-9(13-10(2)18-20-11(13)3)17-14-12-7-6-8-19-15(12)16(14,4)5/h9,12,14-15,17H,6-8H2,1-5H3. The molecule has 2 fully saturated rings. The zero-order valence-corrected chi connectivity index (χ0v) is 13.2. The predicted octanol–water partition coefficient (Wildman–Crippen LogP) is 3.15. The highest BCUT2D eigenvalue weighted by atomic mass is 16.5. The summed E-state index contributed by atoms with van der Waals surface area (Å²) in [5.41, 5.74) is 2.41. The summed E-state index contributed by atoms with van der Waals surface area (Å²) in [7, 11) is 0. The lowest BCUT2D eigenvalue weighted by molar-refractivity contribution is -0.194. The summed E-state index contributed by atoms with van der Waals surface area (Å²) >= 11 is 0. The van der Waals surface area contributed by atoms with E-state index in [0.717, 1.165) is 18.1 Å². The largest absolute Gasteiger partial charge is 0.377 e. The number of aromatic nitrogens is 1. The zero-order chi connectivity index (χ0) is 14.5. The third-order valence-electron chi connectivity index (χ3n) is 5.28.